The van der Waals surface area contributed by atoms with E-state index in [1.807, 2.05) is 56.1 Å². The number of aromatic amines is 2. The summed E-state index contributed by atoms with van der Waals surface area (Å²) in [6, 6.07) is 15.7. The first-order valence-electron chi connectivity index (χ1n) is 41.2. The summed E-state index contributed by atoms with van der Waals surface area (Å²) in [6.07, 6.45) is 7.95. The molecule has 14 atom stereocenters. The van der Waals surface area contributed by atoms with Crippen LogP contribution in [0.3, 0.4) is 0 Å². The molecule has 5 aliphatic heterocycles. The minimum Gasteiger partial charge on any atom is -0.496 e. The third kappa shape index (κ3) is 18.8. The molecule has 2 bridgehead atoms. The molecule has 1 spiro atoms. The lowest BCUT2D eigenvalue weighted by Gasteiger charge is -2.64. The first kappa shape index (κ1) is 89.2. The number of Topliss-reactive ketones (excluding diaryl/α,β-unsaturated/α-hetero) is 3. The Bertz CT molecular complexity index is 4930. The van der Waals surface area contributed by atoms with Crippen LogP contribution in [0.1, 0.15) is 157 Å². The van der Waals surface area contributed by atoms with E-state index in [1.165, 1.54) is 34.7 Å². The van der Waals surface area contributed by atoms with E-state index in [1.54, 1.807) is 45.2 Å². The number of rotatable bonds is 39. The van der Waals surface area contributed by atoms with Crippen LogP contribution < -0.4 is 64.5 Å². The van der Waals surface area contributed by atoms with E-state index in [-0.39, 0.29) is 123 Å². The molecule has 2 saturated heterocycles. The van der Waals surface area contributed by atoms with Crippen LogP contribution in [0.4, 0.5) is 17.3 Å². The number of ether oxygens (including phenoxy) is 3. The number of carbonyl (C=O) groups is 9. The molecule has 6 aromatic rings. The predicted octanol–water partition coefficient (Wildman–Crippen LogP) is 3.76. The maximum absolute atomic E-state index is 13.9. The first-order chi connectivity index (χ1) is 57.4. The number of ketones is 3. The average molecular weight is 1690 g/mol. The summed E-state index contributed by atoms with van der Waals surface area (Å²) in [5.41, 5.74) is 22.0. The number of piperidine rings is 1. The van der Waals surface area contributed by atoms with E-state index in [0.29, 0.717) is 125 Å². The summed E-state index contributed by atoms with van der Waals surface area (Å²) < 4.78 is 18.0. The van der Waals surface area contributed by atoms with Crippen LogP contribution in [-0.4, -0.2) is 236 Å². The highest BCUT2D eigenvalue weighted by Crippen LogP contribution is 2.67. The third-order valence-corrected chi connectivity index (χ3v) is 27.5. The van der Waals surface area contributed by atoms with E-state index in [4.69, 9.17) is 31.4 Å². The first-order valence-corrected chi connectivity index (χ1v) is 43.7. The number of hydrogen-bond donors (Lipinski definition) is 14. The Balaban J connectivity index is 0.592. The monoisotopic (exact) mass is 1690 g/mol. The van der Waals surface area contributed by atoms with Crippen molar-refractivity contribution in [1.29, 1.82) is 0 Å². The van der Waals surface area contributed by atoms with Gasteiger partial charge in [0.15, 0.2) is 34.4 Å². The van der Waals surface area contributed by atoms with Crippen LogP contribution in [0.2, 0.25) is 0 Å². The summed E-state index contributed by atoms with van der Waals surface area (Å²) in [5, 5.41) is 51.3. The number of carbonyl (C=O) groups excluding carboxylic acids is 9. The number of nitrogens with two attached hydrogens (primary N) is 3. The maximum atomic E-state index is 13.9. The summed E-state index contributed by atoms with van der Waals surface area (Å²) in [7, 11) is 6.22. The van der Waals surface area contributed by atoms with Gasteiger partial charge in [-0.2, -0.15) is 10.4 Å². The van der Waals surface area contributed by atoms with Crippen molar-refractivity contribution in [2.24, 2.45) is 39.6 Å². The summed E-state index contributed by atoms with van der Waals surface area (Å²) >= 11 is 0. The van der Waals surface area contributed by atoms with Gasteiger partial charge < -0.3 is 77.9 Å². The molecular weight excluding hydrogens is 1580 g/mol. The van der Waals surface area contributed by atoms with Gasteiger partial charge in [-0.1, -0.05) is 79.6 Å². The van der Waals surface area contributed by atoms with Gasteiger partial charge in [0, 0.05) is 157 Å². The zero-order chi connectivity index (χ0) is 86.0. The second-order valence-electron chi connectivity index (χ2n) is 32.9. The van der Waals surface area contributed by atoms with Gasteiger partial charge >= 0.3 is 11.9 Å². The van der Waals surface area contributed by atoms with E-state index in [2.05, 4.69) is 90.0 Å². The van der Waals surface area contributed by atoms with Crippen LogP contribution in [0.5, 0.6) is 5.75 Å². The number of aliphatic imine (C=N–C) groups is 1. The number of aliphatic hydroxyl groups excluding tert-OH is 1. The molecule has 12 rings (SSSR count). The Morgan fingerprint density at radius 2 is 1.62 bits per heavy atom. The number of likely N-dealkylation sites (N-methyl/N-ethyl adjacent to an activating group) is 1. The van der Waals surface area contributed by atoms with Crippen molar-refractivity contribution in [3.8, 4) is 5.75 Å². The molecule has 3 aromatic carbocycles. The van der Waals surface area contributed by atoms with Crippen LogP contribution in [-0.2, 0) is 71.6 Å². The van der Waals surface area contributed by atoms with Crippen LogP contribution in [0.15, 0.2) is 88.8 Å². The molecule has 1 saturated carbocycles. The molecule has 2 unspecified atom stereocenters. The Morgan fingerprint density at radius 3 is 2.38 bits per heavy atom. The fourth-order valence-electron chi connectivity index (χ4n) is 19.3. The van der Waals surface area contributed by atoms with Gasteiger partial charge in [0.05, 0.1) is 54.7 Å². The molecule has 4 amide bonds. The fraction of sp³-hybridized carbons (Fsp3) is 0.548. The molecule has 17 N–H and O–H groups in total. The number of benzene rings is 3. The summed E-state index contributed by atoms with van der Waals surface area (Å²) in [6.45, 7) is 12.6. The maximum Gasteiger partial charge on any atom is 0.398 e. The number of fused-ring (bicyclic) bond motifs is 7. The van der Waals surface area contributed by atoms with E-state index >= 15 is 0 Å². The normalized spacial score (nSPS) is 24.9. The van der Waals surface area contributed by atoms with Gasteiger partial charge in [-0.15, -0.1) is 0 Å². The van der Waals surface area contributed by atoms with Gasteiger partial charge in [-0.3, -0.25) is 68.4 Å². The number of amides is 4. The van der Waals surface area contributed by atoms with Crippen molar-refractivity contribution < 1.29 is 72.7 Å². The molecule has 646 valence electrons. The number of nitrogens with one attached hydrogen (secondary N) is 8. The van der Waals surface area contributed by atoms with Gasteiger partial charge in [-0.05, 0) is 131 Å². The quantitative estimate of drug-likeness (QED) is 0.00249. The van der Waals surface area contributed by atoms with Crippen molar-refractivity contribution in [2.75, 3.05) is 101 Å². The van der Waals surface area contributed by atoms with Crippen molar-refractivity contribution in [1.82, 2.24) is 61.5 Å². The molecular formula is C84H112N18O16S2. The lowest BCUT2D eigenvalue weighted by Crippen LogP contribution is -2.83. The van der Waals surface area contributed by atoms with Gasteiger partial charge in [0.1, 0.15) is 30.9 Å². The molecule has 6 aliphatic rings. The number of methoxy groups -OCH3 is 1. The van der Waals surface area contributed by atoms with E-state index in [0.717, 1.165) is 39.0 Å². The summed E-state index contributed by atoms with van der Waals surface area (Å²) in [4.78, 5) is 162. The number of anilines is 3. The third-order valence-electron chi connectivity index (χ3n) is 25.0. The number of para-hydroxylation sites is 1. The van der Waals surface area contributed by atoms with Crippen molar-refractivity contribution >= 4 is 120 Å². The lowest BCUT2D eigenvalue weighted by molar-refractivity contribution is -0.218. The number of aliphatic hydroxyl groups is 3. The highest BCUT2D eigenvalue weighted by atomic mass is 33.1. The van der Waals surface area contributed by atoms with Crippen molar-refractivity contribution in [2.45, 2.75) is 183 Å². The Labute approximate surface area is 703 Å². The highest BCUT2D eigenvalue weighted by molar-refractivity contribution is 8.76. The molecule has 3 fully saturated rings. The number of guanidine groups is 1. The Kier molecular flexibility index (Phi) is 28.5. The number of hydrogen-bond acceptors (Lipinski definition) is 28. The molecule has 36 heteroatoms. The smallest absolute Gasteiger partial charge is 0.398 e. The number of nitrogen functional groups attached to an aromatic ring is 1. The van der Waals surface area contributed by atoms with E-state index in [9.17, 15) is 63.3 Å². The predicted molar refractivity (Wildman–Crippen MR) is 455 cm³/mol. The molecule has 1 aliphatic carbocycles. The molecule has 8 heterocycles. The number of H-pyrrole nitrogens is 2. The van der Waals surface area contributed by atoms with E-state index < -0.39 is 98.7 Å². The zero-order valence-electron chi connectivity index (χ0n) is 68.9. The highest BCUT2D eigenvalue weighted by Gasteiger charge is 2.77. The van der Waals surface area contributed by atoms with Gasteiger partial charge in [-0.25, -0.2) is 14.8 Å². The zero-order valence-corrected chi connectivity index (χ0v) is 70.5. The molecule has 120 heavy (non-hydrogen) atoms. The fourth-order valence-corrected chi connectivity index (χ4v) is 21.2. The van der Waals surface area contributed by atoms with Crippen LogP contribution >= 0.6 is 21.6 Å². The second kappa shape index (κ2) is 38.3. The second-order valence-corrected chi connectivity index (χ2v) is 35.6. The summed E-state index contributed by atoms with van der Waals surface area (Å²) in [5.74, 6) is -5.56. The number of nitrogens with zero attached hydrogens (tertiary/aromatic N) is 7. The largest absolute Gasteiger partial charge is 0.496 e. The van der Waals surface area contributed by atoms with Crippen molar-refractivity contribution in [3.63, 3.8) is 0 Å². The van der Waals surface area contributed by atoms with Crippen molar-refractivity contribution in [3.05, 3.63) is 123 Å². The minimum absolute atomic E-state index is 0.0508. The van der Waals surface area contributed by atoms with Gasteiger partial charge in [0.25, 0.3) is 17.9 Å². The Morgan fingerprint density at radius 1 is 0.867 bits per heavy atom. The number of hydrazine groups is 1. The average Bonchev–Trinajstić information content (AvgIpc) is 1.48. The minimum atomic E-state index is -2.33. The topological polar surface area (TPSA) is 502 Å². The van der Waals surface area contributed by atoms with Crippen LogP contribution in [0.25, 0.3) is 22.1 Å². The molecule has 0 radical (unpaired) electrons. The Hall–Kier alpha value is -10.1. The number of aromatic nitrogens is 5. The standard InChI is InChI=1S/C84H112N18O16S2/c1-8-80(114)40-51-41-82(46-117-47-103,67-57(25-31-101(44-51)45-80)56-17-10-11-18-60(56)94-67)59-38-58-62(39-65(59)116-7)100(6)76-83(58)27-32-102-30-15-26-81(9-2,75(83)102)77(113)84(76,115)99-98-73(111)74(112)118-33-35-120-119-34-14-20-63(105)50(5)92-69(107)49(4)37-64(106)61(19-13-29-89-78(85)86)95-70(108)48(3)36-55(104)16-12-28-88-71(109)52-21-23-53(24-22-52)90-42-54-43-91-68-66(93-54)72(110)97-79(87)96-68/h10-11,15,17-18,21-24,26,38-39,43,47-51,61,75-77,90,94,99,113-115H,8-9,12-14,16,19-20,25,27-37,40-42,44-46H2,1-7H3,(H,88,109)(H,92,107)(H,95,108)(H,98,111)(H4,85,86,89)(H3,87,91,96,97,110)/t48-,49-,50+,51-,61+,75+,76-,77-,80?,81-,82+,83-,84+/m1/s1. The van der Waals surface area contributed by atoms with Gasteiger partial charge in [0.2, 0.25) is 17.8 Å². The van der Waals surface area contributed by atoms with Crippen LogP contribution in [0, 0.1) is 23.2 Å². The molecule has 3 aromatic heterocycles. The molecule has 34 nitrogen and oxygen atoms in total. The number of esters is 1. The lowest BCUT2D eigenvalue weighted by atomic mass is 9.49. The SMILES string of the molecule is CCC1(O)C[C@H]2CN(CCc3c([nH]c4ccccc34)[C@@](COC=O)(c3cc4c(cc3OC)N(C)[C@H]3[C@@](O)(NNC(=O)C(=O)OCCSSCCCC(=O)[C@H](C)NC(=O)[C@H](C)CC(=O)[C@H](CCCN=C(N)N)NC(=O)[C@H](C)CC(=O)CCCNC(=O)c5ccc(NCc6cnc7nc(N)[nH]c(=O)c7n6)cc5)[C@H](O)[C@]5(CC)C=CCN6CC[C@]43[C@@H]65)C2)C1.